The number of ether oxygens (including phenoxy) is 2. The van der Waals surface area contributed by atoms with Gasteiger partial charge in [0.05, 0.1) is 32.1 Å². The molecule has 6 nitrogen and oxygen atoms in total. The van der Waals surface area contributed by atoms with Crippen molar-refractivity contribution in [1.29, 1.82) is 0 Å². The van der Waals surface area contributed by atoms with Crippen LogP contribution in [-0.2, 0) is 4.79 Å². The lowest BCUT2D eigenvalue weighted by molar-refractivity contribution is -0.114. The van der Waals surface area contributed by atoms with E-state index >= 15 is 0 Å². The monoisotopic (exact) mass is 346 g/mol. The second-order valence-corrected chi connectivity index (χ2v) is 5.19. The molecule has 2 aromatic carbocycles. The van der Waals surface area contributed by atoms with Crippen molar-refractivity contribution in [2.45, 2.75) is 6.92 Å². The highest BCUT2D eigenvalue weighted by Crippen LogP contribution is 2.32. The van der Waals surface area contributed by atoms with Crippen LogP contribution in [0, 0.1) is 5.82 Å². The molecule has 0 aliphatic rings. The van der Waals surface area contributed by atoms with Crippen LogP contribution in [0.25, 0.3) is 0 Å². The highest BCUT2D eigenvalue weighted by atomic mass is 19.1. The zero-order chi connectivity index (χ0) is 18.4. The molecule has 0 unspecified atom stereocenters. The van der Waals surface area contributed by atoms with Crippen LogP contribution >= 0.6 is 0 Å². The van der Waals surface area contributed by atoms with Crippen LogP contribution in [0.1, 0.15) is 17.3 Å². The van der Waals surface area contributed by atoms with Crippen molar-refractivity contribution in [3.05, 3.63) is 47.8 Å². The van der Waals surface area contributed by atoms with Crippen LogP contribution in [0.15, 0.2) is 36.4 Å². The number of hydrogen-bond acceptors (Lipinski definition) is 5. The molecule has 25 heavy (non-hydrogen) atoms. The van der Waals surface area contributed by atoms with E-state index in [4.69, 9.17) is 9.47 Å². The van der Waals surface area contributed by atoms with Crippen LogP contribution in [0.5, 0.6) is 11.5 Å². The molecule has 2 aromatic rings. The quantitative estimate of drug-likeness (QED) is 0.754. The normalized spacial score (nSPS) is 10.1. The molecule has 0 fully saturated rings. The maximum absolute atomic E-state index is 14.0. The van der Waals surface area contributed by atoms with Gasteiger partial charge in [-0.25, -0.2) is 4.39 Å². The Bertz CT molecular complexity index is 793. The first-order valence-electron chi connectivity index (χ1n) is 7.51. The third-order valence-corrected chi connectivity index (χ3v) is 3.49. The highest BCUT2D eigenvalue weighted by molar-refractivity contribution is 6.04. The number of methoxy groups -OCH3 is 2. The summed E-state index contributed by atoms with van der Waals surface area (Å²) in [6.45, 7) is 1.24. The Kier molecular flexibility index (Phi) is 5.94. The number of benzene rings is 2. The molecule has 0 spiro atoms. The van der Waals surface area contributed by atoms with Crippen LogP contribution in [0.3, 0.4) is 0 Å². The van der Waals surface area contributed by atoms with Gasteiger partial charge in [-0.2, -0.15) is 0 Å². The van der Waals surface area contributed by atoms with E-state index in [1.54, 1.807) is 24.3 Å². The van der Waals surface area contributed by atoms with Gasteiger partial charge in [0.2, 0.25) is 5.91 Å². The van der Waals surface area contributed by atoms with Crippen molar-refractivity contribution >= 4 is 23.1 Å². The minimum absolute atomic E-state index is 0.104. The summed E-state index contributed by atoms with van der Waals surface area (Å²) in [4.78, 5) is 23.6. The van der Waals surface area contributed by atoms with Crippen molar-refractivity contribution in [3.8, 4) is 11.5 Å². The maximum atomic E-state index is 14.0. The van der Waals surface area contributed by atoms with Gasteiger partial charge >= 0.3 is 0 Å². The first kappa shape index (κ1) is 18.3. The van der Waals surface area contributed by atoms with Gasteiger partial charge in [-0.1, -0.05) is 12.1 Å². The first-order chi connectivity index (χ1) is 12.0. The van der Waals surface area contributed by atoms with Crippen LogP contribution in [0.4, 0.5) is 15.8 Å². The van der Waals surface area contributed by atoms with Gasteiger partial charge in [0, 0.05) is 17.7 Å². The zero-order valence-electron chi connectivity index (χ0n) is 14.2. The minimum Gasteiger partial charge on any atom is -0.493 e. The standard InChI is InChI=1S/C18H19FN2O4/c1-11(22)12-6-4-5-7-14(12)21-18(23)10-20-15-9-17(25-3)16(24-2)8-13(15)19/h4-9,20H,10H2,1-3H3,(H,21,23). The lowest BCUT2D eigenvalue weighted by Gasteiger charge is -2.13. The van der Waals surface area contributed by atoms with Gasteiger partial charge in [0.1, 0.15) is 5.82 Å². The lowest BCUT2D eigenvalue weighted by Crippen LogP contribution is -2.23. The second kappa shape index (κ2) is 8.14. The summed E-state index contributed by atoms with van der Waals surface area (Å²) in [6, 6.07) is 9.26. The molecule has 1 amide bonds. The van der Waals surface area contributed by atoms with Crippen molar-refractivity contribution < 1.29 is 23.5 Å². The average molecular weight is 346 g/mol. The summed E-state index contributed by atoms with van der Waals surface area (Å²) < 4.78 is 24.1. The molecule has 7 heteroatoms. The van der Waals surface area contributed by atoms with Crippen LogP contribution < -0.4 is 20.1 Å². The summed E-state index contributed by atoms with van der Waals surface area (Å²) in [5, 5.41) is 5.33. The van der Waals surface area contributed by atoms with Gasteiger partial charge in [0.15, 0.2) is 17.3 Å². The Morgan fingerprint density at radius 3 is 2.32 bits per heavy atom. The van der Waals surface area contributed by atoms with Crippen molar-refractivity contribution in [2.75, 3.05) is 31.4 Å². The van der Waals surface area contributed by atoms with Crippen LogP contribution in [0.2, 0.25) is 0 Å². The number of carbonyl (C=O) groups excluding carboxylic acids is 2. The lowest BCUT2D eigenvalue weighted by atomic mass is 10.1. The highest BCUT2D eigenvalue weighted by Gasteiger charge is 2.13. The number of rotatable bonds is 7. The molecular weight excluding hydrogens is 327 g/mol. The van der Waals surface area contributed by atoms with Gasteiger partial charge in [0.25, 0.3) is 0 Å². The maximum Gasteiger partial charge on any atom is 0.243 e. The van der Waals surface area contributed by atoms with E-state index in [9.17, 15) is 14.0 Å². The fourth-order valence-corrected chi connectivity index (χ4v) is 2.26. The topological polar surface area (TPSA) is 76.7 Å². The molecule has 0 radical (unpaired) electrons. The third kappa shape index (κ3) is 4.47. The first-order valence-corrected chi connectivity index (χ1v) is 7.51. The number of amides is 1. The smallest absolute Gasteiger partial charge is 0.243 e. The molecule has 0 aliphatic heterocycles. The third-order valence-electron chi connectivity index (χ3n) is 3.49. The molecule has 132 valence electrons. The predicted molar refractivity (Wildman–Crippen MR) is 93.1 cm³/mol. The number of hydrogen-bond donors (Lipinski definition) is 2. The minimum atomic E-state index is -0.574. The second-order valence-electron chi connectivity index (χ2n) is 5.19. The van der Waals surface area contributed by atoms with E-state index in [1.807, 2.05) is 0 Å². The van der Waals surface area contributed by atoms with Gasteiger partial charge < -0.3 is 20.1 Å². The summed E-state index contributed by atoms with van der Waals surface area (Å²) >= 11 is 0. The number of anilines is 2. The molecule has 0 aliphatic carbocycles. The van der Waals surface area contributed by atoms with E-state index in [-0.39, 0.29) is 23.8 Å². The Morgan fingerprint density at radius 1 is 1.04 bits per heavy atom. The molecule has 0 atom stereocenters. The molecule has 0 saturated heterocycles. The summed E-state index contributed by atoms with van der Waals surface area (Å²) in [5.41, 5.74) is 0.926. The summed E-state index contributed by atoms with van der Waals surface area (Å²) in [7, 11) is 2.84. The molecule has 2 rings (SSSR count). The molecule has 2 N–H and O–H groups in total. The largest absolute Gasteiger partial charge is 0.493 e. The molecule has 0 saturated carbocycles. The number of carbonyl (C=O) groups is 2. The van der Waals surface area contributed by atoms with Crippen molar-refractivity contribution in [2.24, 2.45) is 0 Å². The predicted octanol–water partition coefficient (Wildman–Crippen LogP) is 3.10. The SMILES string of the molecule is COc1cc(F)c(NCC(=O)Nc2ccccc2C(C)=O)cc1OC. The summed E-state index contributed by atoms with van der Waals surface area (Å²) in [5.74, 6) is -0.550. The van der Waals surface area contributed by atoms with E-state index in [0.717, 1.165) is 0 Å². The zero-order valence-corrected chi connectivity index (χ0v) is 14.2. The Balaban J connectivity index is 2.07. The fourth-order valence-electron chi connectivity index (χ4n) is 2.26. The Labute approximate surface area is 144 Å². The van der Waals surface area contributed by atoms with E-state index in [2.05, 4.69) is 10.6 Å². The Hall–Kier alpha value is -3.09. The number of Topliss-reactive ketones (excluding diaryl/α,β-unsaturated/α-hetero) is 1. The van der Waals surface area contributed by atoms with Crippen molar-refractivity contribution in [3.63, 3.8) is 0 Å². The summed E-state index contributed by atoms with van der Waals surface area (Å²) in [6.07, 6.45) is 0. The average Bonchev–Trinajstić information content (AvgIpc) is 2.60. The van der Waals surface area contributed by atoms with E-state index in [1.165, 1.54) is 33.3 Å². The number of para-hydroxylation sites is 1. The number of ketones is 1. The van der Waals surface area contributed by atoms with Crippen LogP contribution in [-0.4, -0.2) is 32.5 Å². The van der Waals surface area contributed by atoms with E-state index in [0.29, 0.717) is 17.0 Å². The van der Waals surface area contributed by atoms with Gasteiger partial charge in [-0.05, 0) is 19.1 Å². The fraction of sp³-hybridized carbons (Fsp3) is 0.222. The molecule has 0 bridgehead atoms. The molecular formula is C18H19FN2O4. The molecule has 0 heterocycles. The van der Waals surface area contributed by atoms with E-state index < -0.39 is 11.7 Å². The van der Waals surface area contributed by atoms with Gasteiger partial charge in [-0.15, -0.1) is 0 Å². The molecule has 0 aromatic heterocycles. The number of nitrogens with one attached hydrogen (secondary N) is 2. The number of halogens is 1. The van der Waals surface area contributed by atoms with Crippen molar-refractivity contribution in [1.82, 2.24) is 0 Å². The van der Waals surface area contributed by atoms with Gasteiger partial charge in [-0.3, -0.25) is 9.59 Å². The Morgan fingerprint density at radius 2 is 1.68 bits per heavy atom.